The van der Waals surface area contributed by atoms with Gasteiger partial charge in [0.15, 0.2) is 0 Å². The van der Waals surface area contributed by atoms with Crippen LogP contribution in [0.2, 0.25) is 0 Å². The third-order valence-corrected chi connectivity index (χ3v) is 8.17. The maximum atomic E-state index is 12.3. The summed E-state index contributed by atoms with van der Waals surface area (Å²) in [6, 6.07) is 9.03. The molecule has 0 N–H and O–H groups in total. The molecule has 1 aromatic carbocycles. The summed E-state index contributed by atoms with van der Waals surface area (Å²) in [4.78, 5) is 16.8. The van der Waals surface area contributed by atoms with Crippen LogP contribution in [0.3, 0.4) is 0 Å². The normalized spacial score (nSPS) is 26.7. The fourth-order valence-corrected chi connectivity index (χ4v) is 6.78. The van der Waals surface area contributed by atoms with E-state index in [1.54, 1.807) is 7.11 Å². The summed E-state index contributed by atoms with van der Waals surface area (Å²) in [6.45, 7) is 2.63. The lowest BCUT2D eigenvalue weighted by molar-refractivity contribution is 0.116. The average molecular weight is 409 g/mol. The lowest BCUT2D eigenvalue weighted by Gasteiger charge is -2.28. The van der Waals surface area contributed by atoms with E-state index in [2.05, 4.69) is 40.6 Å². The van der Waals surface area contributed by atoms with Gasteiger partial charge in [0.25, 0.3) is 0 Å². The number of rotatable bonds is 6. The lowest BCUT2D eigenvalue weighted by atomic mass is 10.1. The molecule has 4 rings (SSSR count). The van der Waals surface area contributed by atoms with Gasteiger partial charge in [-0.25, -0.2) is 4.79 Å². The van der Waals surface area contributed by atoms with Gasteiger partial charge < -0.3 is 14.4 Å². The van der Waals surface area contributed by atoms with Gasteiger partial charge in [-0.15, -0.1) is 0 Å². The molecule has 0 unspecified atom stereocenters. The van der Waals surface area contributed by atoms with E-state index in [1.807, 2.05) is 17.0 Å². The van der Waals surface area contributed by atoms with Crippen LogP contribution in [0, 0.1) is 0 Å². The predicted octanol–water partition coefficient (Wildman–Crippen LogP) is 2.98. The van der Waals surface area contributed by atoms with Gasteiger partial charge in [-0.3, -0.25) is 4.90 Å². The summed E-state index contributed by atoms with van der Waals surface area (Å²) in [7, 11) is 1.68. The van der Waals surface area contributed by atoms with Crippen LogP contribution in [0.1, 0.15) is 12.0 Å². The van der Waals surface area contributed by atoms with Gasteiger partial charge in [0.05, 0.1) is 13.2 Å². The Labute approximate surface area is 170 Å². The second kappa shape index (κ2) is 8.97. The molecule has 1 aromatic rings. The van der Waals surface area contributed by atoms with Crippen LogP contribution in [0.5, 0.6) is 5.75 Å². The molecule has 3 aliphatic rings. The Hall–Kier alpha value is -1.05. The highest BCUT2D eigenvalue weighted by Crippen LogP contribution is 2.31. The van der Waals surface area contributed by atoms with Crippen molar-refractivity contribution in [1.82, 2.24) is 9.80 Å². The van der Waals surface area contributed by atoms with Crippen molar-refractivity contribution in [2.75, 3.05) is 49.8 Å². The van der Waals surface area contributed by atoms with Gasteiger partial charge in [0, 0.05) is 48.7 Å². The minimum atomic E-state index is -0.121. The second-order valence-corrected chi connectivity index (χ2v) is 9.69. The lowest BCUT2D eigenvalue weighted by Crippen LogP contribution is -2.42. The van der Waals surface area contributed by atoms with Crippen molar-refractivity contribution in [2.45, 2.75) is 31.0 Å². The average Bonchev–Trinajstić information content (AvgIpc) is 3.07. The van der Waals surface area contributed by atoms with E-state index >= 15 is 0 Å². The Morgan fingerprint density at radius 2 is 1.89 bits per heavy atom. The first-order valence-electron chi connectivity index (χ1n) is 9.74. The van der Waals surface area contributed by atoms with Crippen molar-refractivity contribution in [3.8, 4) is 5.75 Å². The summed E-state index contributed by atoms with van der Waals surface area (Å²) >= 11 is 4.12. The molecule has 3 fully saturated rings. The van der Waals surface area contributed by atoms with E-state index in [9.17, 15) is 4.79 Å². The molecule has 148 valence electrons. The van der Waals surface area contributed by atoms with E-state index in [0.29, 0.717) is 6.04 Å². The fourth-order valence-electron chi connectivity index (χ4n) is 4.15. The van der Waals surface area contributed by atoms with Gasteiger partial charge in [0.2, 0.25) is 0 Å². The summed E-state index contributed by atoms with van der Waals surface area (Å²) in [5.74, 6) is 5.81. The summed E-state index contributed by atoms with van der Waals surface area (Å²) in [5, 5.41) is 0. The number of fused-ring (bicyclic) bond motifs is 1. The van der Waals surface area contributed by atoms with Gasteiger partial charge in [0.1, 0.15) is 11.9 Å². The number of amides is 1. The highest BCUT2D eigenvalue weighted by atomic mass is 32.2. The van der Waals surface area contributed by atoms with Gasteiger partial charge in [-0.1, -0.05) is 12.1 Å². The maximum absolute atomic E-state index is 12.3. The topological polar surface area (TPSA) is 42.0 Å². The van der Waals surface area contributed by atoms with Crippen LogP contribution < -0.4 is 4.74 Å². The number of likely N-dealkylation sites (tertiary alicyclic amines) is 1. The molecule has 0 radical (unpaired) electrons. The minimum Gasteiger partial charge on any atom is -0.497 e. The summed E-state index contributed by atoms with van der Waals surface area (Å²) in [5.41, 5.74) is 1.28. The summed E-state index contributed by atoms with van der Waals surface area (Å²) in [6.07, 6.45) is 1.85. The molecular weight excluding hydrogens is 380 g/mol. The number of methoxy groups -OCH3 is 1. The van der Waals surface area contributed by atoms with Crippen molar-refractivity contribution in [3.63, 3.8) is 0 Å². The maximum Gasteiger partial charge on any atom is 0.410 e. The number of ether oxygens (including phenoxy) is 2. The first kappa shape index (κ1) is 19.3. The van der Waals surface area contributed by atoms with Crippen LogP contribution in [0.25, 0.3) is 0 Å². The molecule has 0 saturated carbocycles. The predicted molar refractivity (Wildman–Crippen MR) is 112 cm³/mol. The van der Waals surface area contributed by atoms with Crippen LogP contribution in [0.4, 0.5) is 4.79 Å². The Kier molecular flexibility index (Phi) is 6.40. The Morgan fingerprint density at radius 3 is 2.59 bits per heavy atom. The minimum absolute atomic E-state index is 0.0525. The Bertz CT molecular complexity index is 635. The van der Waals surface area contributed by atoms with E-state index in [-0.39, 0.29) is 18.2 Å². The molecular formula is C20H28N2O3S2. The Balaban J connectivity index is 1.29. The van der Waals surface area contributed by atoms with Crippen molar-refractivity contribution in [3.05, 3.63) is 29.8 Å². The largest absolute Gasteiger partial charge is 0.497 e. The van der Waals surface area contributed by atoms with E-state index < -0.39 is 0 Å². The number of hydrogen-bond acceptors (Lipinski definition) is 6. The Morgan fingerprint density at radius 1 is 1.15 bits per heavy atom. The van der Waals surface area contributed by atoms with E-state index in [4.69, 9.17) is 9.47 Å². The number of carbonyl (C=O) groups is 1. The number of hydrogen-bond donors (Lipinski definition) is 0. The molecule has 5 nitrogen and oxygen atoms in total. The SMILES string of the molecule is COc1ccc(CCCN2C(=O)O[C@@H]3CN(C4CSCCSC4)C[C@@H]32)cc1. The molecule has 0 spiro atoms. The highest BCUT2D eigenvalue weighted by Gasteiger charge is 2.48. The number of benzene rings is 1. The zero-order chi connectivity index (χ0) is 18.6. The monoisotopic (exact) mass is 408 g/mol. The molecule has 3 aliphatic heterocycles. The summed E-state index contributed by atoms with van der Waals surface area (Å²) < 4.78 is 10.9. The second-order valence-electron chi connectivity index (χ2n) is 7.39. The van der Waals surface area contributed by atoms with E-state index in [0.717, 1.165) is 38.2 Å². The van der Waals surface area contributed by atoms with Crippen LogP contribution >= 0.6 is 23.5 Å². The molecule has 7 heteroatoms. The van der Waals surface area contributed by atoms with Crippen molar-refractivity contribution >= 4 is 29.6 Å². The molecule has 3 saturated heterocycles. The highest BCUT2D eigenvalue weighted by molar-refractivity contribution is 8.03. The molecule has 0 aliphatic carbocycles. The molecule has 3 heterocycles. The van der Waals surface area contributed by atoms with Crippen LogP contribution in [-0.2, 0) is 11.2 Å². The van der Waals surface area contributed by atoms with Crippen LogP contribution in [-0.4, -0.2) is 83.8 Å². The number of carbonyl (C=O) groups excluding carboxylic acids is 1. The zero-order valence-electron chi connectivity index (χ0n) is 15.8. The zero-order valence-corrected chi connectivity index (χ0v) is 17.5. The third-order valence-electron chi connectivity index (χ3n) is 5.68. The van der Waals surface area contributed by atoms with Gasteiger partial charge in [-0.05, 0) is 30.5 Å². The number of nitrogens with zero attached hydrogens (tertiary/aromatic N) is 2. The van der Waals surface area contributed by atoms with E-state index in [1.165, 1.54) is 28.6 Å². The van der Waals surface area contributed by atoms with Crippen LogP contribution in [0.15, 0.2) is 24.3 Å². The first-order chi connectivity index (χ1) is 13.2. The number of thioether (sulfide) groups is 2. The van der Waals surface area contributed by atoms with Gasteiger partial charge in [-0.2, -0.15) is 23.5 Å². The van der Waals surface area contributed by atoms with Crippen molar-refractivity contribution in [1.29, 1.82) is 0 Å². The molecule has 27 heavy (non-hydrogen) atoms. The first-order valence-corrected chi connectivity index (χ1v) is 12.1. The molecule has 1 amide bonds. The van der Waals surface area contributed by atoms with Crippen molar-refractivity contribution in [2.24, 2.45) is 0 Å². The molecule has 0 bridgehead atoms. The fraction of sp³-hybridized carbons (Fsp3) is 0.650. The number of aryl methyl sites for hydroxylation is 1. The third kappa shape index (κ3) is 4.51. The molecule has 0 aromatic heterocycles. The van der Waals surface area contributed by atoms with Crippen molar-refractivity contribution < 1.29 is 14.3 Å². The quantitative estimate of drug-likeness (QED) is 0.721. The standard InChI is InChI=1S/C20H28N2O3S2/c1-24-17-6-4-15(5-7-17)3-2-8-22-18-11-21(12-19(18)25-20(22)23)16-13-26-9-10-27-14-16/h4-7,16,18-19H,2-3,8-14H2,1H3/t18-,19+/m0/s1. The van der Waals surface area contributed by atoms with Gasteiger partial charge >= 0.3 is 6.09 Å². The smallest absolute Gasteiger partial charge is 0.410 e. The molecule has 2 atom stereocenters.